The van der Waals surface area contributed by atoms with E-state index in [1.165, 1.54) is 0 Å². The number of carbonyl (C=O) groups excluding carboxylic acids is 1. The van der Waals surface area contributed by atoms with Crippen molar-refractivity contribution >= 4 is 5.91 Å². The van der Waals surface area contributed by atoms with Crippen LogP contribution >= 0.6 is 0 Å². The van der Waals surface area contributed by atoms with Crippen LogP contribution in [0.3, 0.4) is 0 Å². The fourth-order valence-electron chi connectivity index (χ4n) is 1.49. The van der Waals surface area contributed by atoms with Gasteiger partial charge in [-0.1, -0.05) is 25.5 Å². The molecule has 18 heavy (non-hydrogen) atoms. The number of unbranched alkanes of at least 4 members (excludes halogenated alkanes) is 1. The van der Waals surface area contributed by atoms with Gasteiger partial charge in [0.1, 0.15) is 5.75 Å². The number of carbonyl (C=O) groups is 1. The number of benzene rings is 1. The highest BCUT2D eigenvalue weighted by atomic mass is 16.5. The van der Waals surface area contributed by atoms with Crippen molar-refractivity contribution in [3.05, 3.63) is 29.8 Å². The van der Waals surface area contributed by atoms with Crippen LogP contribution in [0, 0.1) is 0 Å². The Labute approximate surface area is 109 Å². The predicted molar refractivity (Wildman–Crippen MR) is 72.3 cm³/mol. The standard InChI is InChI=1S/C14H22N2O2/c1-3-4-9-16-14(17)11(2)18-13-7-5-12(10-15)6-8-13/h5-8,11H,3-4,9-10,15H2,1-2H3,(H,16,17). The van der Waals surface area contributed by atoms with Crippen molar-refractivity contribution in [2.45, 2.75) is 39.3 Å². The summed E-state index contributed by atoms with van der Waals surface area (Å²) in [5, 5.41) is 2.84. The number of hydrogen-bond acceptors (Lipinski definition) is 3. The van der Waals surface area contributed by atoms with Crippen LogP contribution < -0.4 is 15.8 Å². The maximum atomic E-state index is 11.7. The molecule has 1 unspecified atom stereocenters. The molecule has 4 heteroatoms. The number of rotatable bonds is 7. The van der Waals surface area contributed by atoms with Crippen molar-refractivity contribution in [1.82, 2.24) is 5.32 Å². The fourth-order valence-corrected chi connectivity index (χ4v) is 1.49. The van der Waals surface area contributed by atoms with Crippen molar-refractivity contribution in [2.24, 2.45) is 5.73 Å². The van der Waals surface area contributed by atoms with E-state index in [4.69, 9.17) is 10.5 Å². The van der Waals surface area contributed by atoms with Gasteiger partial charge >= 0.3 is 0 Å². The zero-order valence-electron chi connectivity index (χ0n) is 11.1. The van der Waals surface area contributed by atoms with E-state index < -0.39 is 6.10 Å². The van der Waals surface area contributed by atoms with E-state index >= 15 is 0 Å². The average Bonchev–Trinajstić information content (AvgIpc) is 2.39. The molecule has 4 nitrogen and oxygen atoms in total. The Morgan fingerprint density at radius 2 is 2.06 bits per heavy atom. The summed E-state index contributed by atoms with van der Waals surface area (Å²) >= 11 is 0. The Kier molecular flexibility index (Phi) is 6.22. The molecule has 0 heterocycles. The zero-order chi connectivity index (χ0) is 13.4. The lowest BCUT2D eigenvalue weighted by molar-refractivity contribution is -0.127. The number of hydrogen-bond donors (Lipinski definition) is 2. The number of nitrogens with one attached hydrogen (secondary N) is 1. The first kappa shape index (κ1) is 14.5. The van der Waals surface area contributed by atoms with E-state index in [0.717, 1.165) is 18.4 Å². The van der Waals surface area contributed by atoms with Crippen LogP contribution in [0.25, 0.3) is 0 Å². The first-order chi connectivity index (χ1) is 8.67. The summed E-state index contributed by atoms with van der Waals surface area (Å²) in [6.45, 7) is 5.05. The minimum absolute atomic E-state index is 0.0775. The van der Waals surface area contributed by atoms with Crippen molar-refractivity contribution in [2.75, 3.05) is 6.54 Å². The first-order valence-corrected chi connectivity index (χ1v) is 6.40. The molecule has 0 bridgehead atoms. The molecule has 1 amide bonds. The van der Waals surface area contributed by atoms with Crippen LogP contribution in [0.5, 0.6) is 5.75 Å². The summed E-state index contributed by atoms with van der Waals surface area (Å²) in [4.78, 5) is 11.7. The van der Waals surface area contributed by atoms with Gasteiger partial charge in [-0.3, -0.25) is 4.79 Å². The Hall–Kier alpha value is -1.55. The SMILES string of the molecule is CCCCNC(=O)C(C)Oc1ccc(CN)cc1. The Balaban J connectivity index is 2.42. The number of amides is 1. The quantitative estimate of drug-likeness (QED) is 0.726. The molecule has 0 saturated heterocycles. The molecule has 0 aromatic heterocycles. The maximum Gasteiger partial charge on any atom is 0.260 e. The fraction of sp³-hybridized carbons (Fsp3) is 0.500. The molecule has 0 aliphatic carbocycles. The van der Waals surface area contributed by atoms with Gasteiger partial charge < -0.3 is 15.8 Å². The Morgan fingerprint density at radius 1 is 1.39 bits per heavy atom. The molecule has 3 N–H and O–H groups in total. The van der Waals surface area contributed by atoms with Gasteiger partial charge in [0.05, 0.1) is 0 Å². The van der Waals surface area contributed by atoms with E-state index in [1.807, 2.05) is 24.3 Å². The van der Waals surface area contributed by atoms with Gasteiger partial charge in [0.2, 0.25) is 0 Å². The predicted octanol–water partition coefficient (Wildman–Crippen LogP) is 1.83. The summed E-state index contributed by atoms with van der Waals surface area (Å²) in [5.74, 6) is 0.608. The Bertz CT molecular complexity index is 363. The molecule has 0 aliphatic heterocycles. The second kappa shape index (κ2) is 7.71. The molecule has 0 spiro atoms. The monoisotopic (exact) mass is 250 g/mol. The lowest BCUT2D eigenvalue weighted by Gasteiger charge is -2.14. The molecule has 0 aliphatic rings. The third-order valence-corrected chi connectivity index (χ3v) is 2.67. The molecule has 0 radical (unpaired) electrons. The number of ether oxygens (including phenoxy) is 1. The molecule has 1 aromatic carbocycles. The smallest absolute Gasteiger partial charge is 0.260 e. The van der Waals surface area contributed by atoms with Gasteiger partial charge in [0, 0.05) is 13.1 Å². The maximum absolute atomic E-state index is 11.7. The molecule has 0 saturated carbocycles. The minimum Gasteiger partial charge on any atom is -0.481 e. The average molecular weight is 250 g/mol. The molecule has 1 rings (SSSR count). The number of nitrogens with two attached hydrogens (primary N) is 1. The topological polar surface area (TPSA) is 64.3 Å². The van der Waals surface area contributed by atoms with E-state index in [0.29, 0.717) is 18.8 Å². The molecule has 0 fully saturated rings. The highest BCUT2D eigenvalue weighted by Gasteiger charge is 2.13. The summed E-state index contributed by atoms with van der Waals surface area (Å²) in [6, 6.07) is 7.46. The van der Waals surface area contributed by atoms with Crippen LogP contribution in [0.1, 0.15) is 32.3 Å². The van der Waals surface area contributed by atoms with Gasteiger partial charge in [-0.05, 0) is 31.0 Å². The van der Waals surface area contributed by atoms with Gasteiger partial charge in [0.25, 0.3) is 5.91 Å². The summed E-state index contributed by atoms with van der Waals surface area (Å²) in [5.41, 5.74) is 6.56. The zero-order valence-corrected chi connectivity index (χ0v) is 11.1. The van der Waals surface area contributed by atoms with Crippen molar-refractivity contribution in [3.63, 3.8) is 0 Å². The van der Waals surface area contributed by atoms with Crippen molar-refractivity contribution < 1.29 is 9.53 Å². The van der Waals surface area contributed by atoms with Crippen LogP contribution in [0.15, 0.2) is 24.3 Å². The highest BCUT2D eigenvalue weighted by Crippen LogP contribution is 2.13. The van der Waals surface area contributed by atoms with E-state index in [2.05, 4.69) is 12.2 Å². The minimum atomic E-state index is -0.481. The summed E-state index contributed by atoms with van der Waals surface area (Å²) < 4.78 is 5.55. The van der Waals surface area contributed by atoms with Crippen LogP contribution in [0.4, 0.5) is 0 Å². The van der Waals surface area contributed by atoms with E-state index in [-0.39, 0.29) is 5.91 Å². The van der Waals surface area contributed by atoms with Crippen LogP contribution in [-0.2, 0) is 11.3 Å². The second-order valence-corrected chi connectivity index (χ2v) is 4.25. The van der Waals surface area contributed by atoms with Crippen molar-refractivity contribution in [3.8, 4) is 5.75 Å². The molecule has 1 aromatic rings. The normalized spacial score (nSPS) is 11.9. The second-order valence-electron chi connectivity index (χ2n) is 4.25. The van der Waals surface area contributed by atoms with Crippen LogP contribution in [-0.4, -0.2) is 18.6 Å². The largest absolute Gasteiger partial charge is 0.481 e. The first-order valence-electron chi connectivity index (χ1n) is 6.40. The third-order valence-electron chi connectivity index (χ3n) is 2.67. The molecular formula is C14H22N2O2. The van der Waals surface area contributed by atoms with Gasteiger partial charge in [-0.15, -0.1) is 0 Å². The van der Waals surface area contributed by atoms with E-state index in [1.54, 1.807) is 6.92 Å². The van der Waals surface area contributed by atoms with Gasteiger partial charge in [0.15, 0.2) is 6.10 Å². The molecular weight excluding hydrogens is 228 g/mol. The van der Waals surface area contributed by atoms with Crippen LogP contribution in [0.2, 0.25) is 0 Å². The van der Waals surface area contributed by atoms with E-state index in [9.17, 15) is 4.79 Å². The summed E-state index contributed by atoms with van der Waals surface area (Å²) in [7, 11) is 0. The van der Waals surface area contributed by atoms with Gasteiger partial charge in [-0.2, -0.15) is 0 Å². The lowest BCUT2D eigenvalue weighted by atomic mass is 10.2. The summed E-state index contributed by atoms with van der Waals surface area (Å²) in [6.07, 6.45) is 1.57. The lowest BCUT2D eigenvalue weighted by Crippen LogP contribution is -2.36. The highest BCUT2D eigenvalue weighted by molar-refractivity contribution is 5.80. The molecule has 100 valence electrons. The van der Waals surface area contributed by atoms with Crippen molar-refractivity contribution in [1.29, 1.82) is 0 Å². The third kappa shape index (κ3) is 4.75. The molecule has 1 atom stereocenters. The Morgan fingerprint density at radius 3 is 2.61 bits per heavy atom. The van der Waals surface area contributed by atoms with Gasteiger partial charge in [-0.25, -0.2) is 0 Å².